The van der Waals surface area contributed by atoms with Crippen molar-refractivity contribution < 1.29 is 8.78 Å². The van der Waals surface area contributed by atoms with Crippen LogP contribution in [0.5, 0.6) is 0 Å². The number of fused-ring (bicyclic) bond motifs is 1. The van der Waals surface area contributed by atoms with Crippen LogP contribution >= 0.6 is 0 Å². The maximum absolute atomic E-state index is 13.2. The minimum absolute atomic E-state index is 0.0324. The zero-order valence-corrected chi connectivity index (χ0v) is 7.38. The second-order valence-corrected chi connectivity index (χ2v) is 2.94. The molecule has 2 aromatic rings. The first-order valence-electron chi connectivity index (χ1n) is 3.97. The van der Waals surface area contributed by atoms with E-state index in [0.717, 1.165) is 12.1 Å². The topological polar surface area (TPSA) is 51.8 Å². The molecular weight excluding hydrogens is 188 g/mol. The average Bonchev–Trinajstić information content (AvgIpc) is 1.99. The molecular formula is C9H7F2N3. The Hall–Kier alpha value is -1.78. The molecule has 72 valence electrons. The van der Waals surface area contributed by atoms with Gasteiger partial charge in [0.25, 0.3) is 0 Å². The fourth-order valence-corrected chi connectivity index (χ4v) is 1.33. The molecule has 5 heteroatoms. The summed E-state index contributed by atoms with van der Waals surface area (Å²) in [4.78, 5) is 7.68. The van der Waals surface area contributed by atoms with Crippen LogP contribution in [0, 0.1) is 18.6 Å². The van der Waals surface area contributed by atoms with Gasteiger partial charge in [-0.1, -0.05) is 0 Å². The first-order valence-corrected chi connectivity index (χ1v) is 3.97. The number of benzene rings is 1. The SMILES string of the molecule is Cc1nc(N)c2c(F)cc(F)cc2n1. The van der Waals surface area contributed by atoms with Crippen molar-refractivity contribution >= 4 is 16.7 Å². The van der Waals surface area contributed by atoms with Crippen LogP contribution < -0.4 is 5.73 Å². The summed E-state index contributed by atoms with van der Waals surface area (Å²) in [5.74, 6) is -0.991. The molecule has 0 aliphatic carbocycles. The lowest BCUT2D eigenvalue weighted by Gasteiger charge is -2.03. The molecule has 0 bridgehead atoms. The van der Waals surface area contributed by atoms with E-state index in [-0.39, 0.29) is 16.7 Å². The van der Waals surface area contributed by atoms with Gasteiger partial charge in [0.1, 0.15) is 23.3 Å². The Balaban J connectivity index is 2.94. The molecule has 0 spiro atoms. The van der Waals surface area contributed by atoms with E-state index in [0.29, 0.717) is 5.82 Å². The molecule has 0 saturated heterocycles. The van der Waals surface area contributed by atoms with Crippen molar-refractivity contribution in [3.63, 3.8) is 0 Å². The van der Waals surface area contributed by atoms with E-state index in [1.165, 1.54) is 0 Å². The molecule has 0 unspecified atom stereocenters. The number of hydrogen-bond acceptors (Lipinski definition) is 3. The predicted octanol–water partition coefficient (Wildman–Crippen LogP) is 1.80. The monoisotopic (exact) mass is 195 g/mol. The zero-order chi connectivity index (χ0) is 10.3. The highest BCUT2D eigenvalue weighted by Gasteiger charge is 2.09. The number of rotatable bonds is 0. The minimum Gasteiger partial charge on any atom is -0.383 e. The lowest BCUT2D eigenvalue weighted by atomic mass is 10.2. The zero-order valence-electron chi connectivity index (χ0n) is 7.38. The Kier molecular flexibility index (Phi) is 1.80. The van der Waals surface area contributed by atoms with Crippen LogP contribution in [0.25, 0.3) is 10.9 Å². The lowest BCUT2D eigenvalue weighted by molar-refractivity contribution is 0.591. The van der Waals surface area contributed by atoms with Crippen LogP contribution in [0.1, 0.15) is 5.82 Å². The summed E-state index contributed by atoms with van der Waals surface area (Å²) >= 11 is 0. The van der Waals surface area contributed by atoms with Crippen molar-refractivity contribution in [2.75, 3.05) is 5.73 Å². The van der Waals surface area contributed by atoms with E-state index in [9.17, 15) is 8.78 Å². The largest absolute Gasteiger partial charge is 0.383 e. The first kappa shape index (κ1) is 8.80. The van der Waals surface area contributed by atoms with Gasteiger partial charge in [0.2, 0.25) is 0 Å². The summed E-state index contributed by atoms with van der Waals surface area (Å²) in [6.07, 6.45) is 0. The van der Waals surface area contributed by atoms with E-state index in [4.69, 9.17) is 5.73 Å². The molecule has 14 heavy (non-hydrogen) atoms. The van der Waals surface area contributed by atoms with Gasteiger partial charge in [-0.25, -0.2) is 18.7 Å². The number of aromatic nitrogens is 2. The van der Waals surface area contributed by atoms with Crippen LogP contribution in [-0.4, -0.2) is 9.97 Å². The molecule has 0 amide bonds. The second kappa shape index (κ2) is 2.87. The quantitative estimate of drug-likeness (QED) is 0.697. The van der Waals surface area contributed by atoms with Crippen LogP contribution in [0.3, 0.4) is 0 Å². The van der Waals surface area contributed by atoms with Gasteiger partial charge in [-0.3, -0.25) is 0 Å². The standard InChI is InChI=1S/C9H7F2N3/c1-4-13-7-3-5(10)2-6(11)8(7)9(12)14-4/h2-3H,1H3,(H2,12,13,14). The van der Waals surface area contributed by atoms with E-state index in [1.54, 1.807) is 6.92 Å². The van der Waals surface area contributed by atoms with E-state index < -0.39 is 11.6 Å². The summed E-state index contributed by atoms with van der Waals surface area (Å²) in [6.45, 7) is 1.61. The maximum atomic E-state index is 13.2. The van der Waals surface area contributed by atoms with Crippen molar-refractivity contribution in [1.29, 1.82) is 0 Å². The van der Waals surface area contributed by atoms with Gasteiger partial charge in [-0.15, -0.1) is 0 Å². The summed E-state index contributed by atoms with van der Waals surface area (Å²) in [7, 11) is 0. The molecule has 0 saturated carbocycles. The van der Waals surface area contributed by atoms with E-state index in [2.05, 4.69) is 9.97 Å². The smallest absolute Gasteiger partial charge is 0.139 e. The molecule has 0 aliphatic heterocycles. The normalized spacial score (nSPS) is 10.8. The molecule has 1 heterocycles. The number of aryl methyl sites for hydroxylation is 1. The van der Waals surface area contributed by atoms with Gasteiger partial charge in [0.05, 0.1) is 10.9 Å². The van der Waals surface area contributed by atoms with Gasteiger partial charge < -0.3 is 5.73 Å². The molecule has 2 N–H and O–H groups in total. The third-order valence-electron chi connectivity index (χ3n) is 1.85. The predicted molar refractivity (Wildman–Crippen MR) is 48.6 cm³/mol. The van der Waals surface area contributed by atoms with Crippen molar-refractivity contribution in [3.05, 3.63) is 29.6 Å². The summed E-state index contributed by atoms with van der Waals surface area (Å²) < 4.78 is 26.1. The highest BCUT2D eigenvalue weighted by atomic mass is 19.1. The second-order valence-electron chi connectivity index (χ2n) is 2.94. The number of nitrogens with two attached hydrogens (primary N) is 1. The lowest BCUT2D eigenvalue weighted by Crippen LogP contribution is -1.99. The van der Waals surface area contributed by atoms with E-state index in [1.807, 2.05) is 0 Å². The van der Waals surface area contributed by atoms with Crippen molar-refractivity contribution in [1.82, 2.24) is 9.97 Å². The molecule has 0 atom stereocenters. The van der Waals surface area contributed by atoms with Gasteiger partial charge >= 0.3 is 0 Å². The average molecular weight is 195 g/mol. The first-order chi connectivity index (χ1) is 6.58. The highest BCUT2D eigenvalue weighted by Crippen LogP contribution is 2.22. The Morgan fingerprint density at radius 3 is 2.64 bits per heavy atom. The number of hydrogen-bond donors (Lipinski definition) is 1. The van der Waals surface area contributed by atoms with Gasteiger partial charge in [0, 0.05) is 12.1 Å². The number of nitrogen functional groups attached to an aromatic ring is 1. The van der Waals surface area contributed by atoms with Crippen LogP contribution in [-0.2, 0) is 0 Å². The van der Waals surface area contributed by atoms with Crippen LogP contribution in [0.2, 0.25) is 0 Å². The third kappa shape index (κ3) is 1.26. The fourth-order valence-electron chi connectivity index (χ4n) is 1.33. The Morgan fingerprint density at radius 2 is 1.93 bits per heavy atom. The Bertz CT molecular complexity index is 468. The van der Waals surface area contributed by atoms with Crippen LogP contribution in [0.4, 0.5) is 14.6 Å². The number of nitrogens with zero attached hydrogens (tertiary/aromatic N) is 2. The minimum atomic E-state index is -0.738. The van der Waals surface area contributed by atoms with Gasteiger partial charge in [-0.2, -0.15) is 0 Å². The number of anilines is 1. The summed E-state index contributed by atoms with van der Waals surface area (Å²) in [6, 6.07) is 1.89. The van der Waals surface area contributed by atoms with E-state index >= 15 is 0 Å². The highest BCUT2D eigenvalue weighted by molar-refractivity contribution is 5.88. The molecule has 2 rings (SSSR count). The van der Waals surface area contributed by atoms with Crippen molar-refractivity contribution in [2.24, 2.45) is 0 Å². The molecule has 1 aromatic carbocycles. The maximum Gasteiger partial charge on any atom is 0.139 e. The van der Waals surface area contributed by atoms with Crippen molar-refractivity contribution in [3.8, 4) is 0 Å². The number of halogens is 2. The van der Waals surface area contributed by atoms with Gasteiger partial charge in [0.15, 0.2) is 0 Å². The van der Waals surface area contributed by atoms with Crippen molar-refractivity contribution in [2.45, 2.75) is 6.92 Å². The Labute approximate surface area is 78.6 Å². The molecule has 1 aromatic heterocycles. The molecule has 3 nitrogen and oxygen atoms in total. The molecule has 0 radical (unpaired) electrons. The Morgan fingerprint density at radius 1 is 1.21 bits per heavy atom. The summed E-state index contributed by atoms with van der Waals surface area (Å²) in [5.41, 5.74) is 5.68. The molecule has 0 fully saturated rings. The van der Waals surface area contributed by atoms with Crippen LogP contribution in [0.15, 0.2) is 12.1 Å². The summed E-state index contributed by atoms with van der Waals surface area (Å²) in [5, 5.41) is 0.0667. The molecule has 0 aliphatic rings. The van der Waals surface area contributed by atoms with Gasteiger partial charge in [-0.05, 0) is 6.92 Å². The third-order valence-corrected chi connectivity index (χ3v) is 1.85. The fraction of sp³-hybridized carbons (Fsp3) is 0.111.